The van der Waals surface area contributed by atoms with Crippen molar-refractivity contribution in [2.45, 2.75) is 31.0 Å². The lowest BCUT2D eigenvalue weighted by molar-refractivity contribution is -0.118. The van der Waals surface area contributed by atoms with Crippen LogP contribution in [0.5, 0.6) is 23.0 Å². The summed E-state index contributed by atoms with van der Waals surface area (Å²) in [6.45, 7) is -0.0437. The van der Waals surface area contributed by atoms with Crippen LogP contribution < -0.4 is 29.6 Å². The summed E-state index contributed by atoms with van der Waals surface area (Å²) in [7, 11) is 6.22. The van der Waals surface area contributed by atoms with E-state index in [1.807, 2.05) is 18.2 Å². The SMILES string of the molecule is COc1cc(/C=C/C(=O)N[C@@H]2[C@H](O)[C@@H](CO)O[C@H]2n2cnc3c(NCc4ccc(OC)c(OC)c4)ncnc32)cc(OC)c1. The molecule has 0 radical (unpaired) electrons. The first-order valence-corrected chi connectivity index (χ1v) is 13.7. The van der Waals surface area contributed by atoms with Gasteiger partial charge in [-0.15, -0.1) is 0 Å². The van der Waals surface area contributed by atoms with Crippen LogP contribution in [0.4, 0.5) is 5.82 Å². The number of hydrogen-bond acceptors (Lipinski definition) is 12. The Morgan fingerprint density at radius 3 is 2.43 bits per heavy atom. The van der Waals surface area contributed by atoms with E-state index in [1.165, 1.54) is 33.0 Å². The summed E-state index contributed by atoms with van der Waals surface area (Å²) in [6, 6.07) is 9.87. The molecule has 0 bridgehead atoms. The van der Waals surface area contributed by atoms with Crippen molar-refractivity contribution in [1.29, 1.82) is 0 Å². The Morgan fingerprint density at radius 2 is 1.75 bits per heavy atom. The second-order valence-electron chi connectivity index (χ2n) is 9.84. The number of aromatic nitrogens is 4. The number of methoxy groups -OCH3 is 4. The molecule has 4 atom stereocenters. The van der Waals surface area contributed by atoms with Crippen LogP contribution in [-0.2, 0) is 16.1 Å². The molecule has 2 aromatic carbocycles. The van der Waals surface area contributed by atoms with Gasteiger partial charge in [-0.2, -0.15) is 0 Å². The molecule has 4 aromatic rings. The smallest absolute Gasteiger partial charge is 0.244 e. The van der Waals surface area contributed by atoms with Crippen molar-refractivity contribution < 1.29 is 38.7 Å². The molecule has 1 amide bonds. The molecule has 44 heavy (non-hydrogen) atoms. The molecule has 0 saturated carbocycles. The van der Waals surface area contributed by atoms with E-state index in [0.29, 0.717) is 52.1 Å². The zero-order valence-corrected chi connectivity index (χ0v) is 24.6. The Balaban J connectivity index is 1.35. The van der Waals surface area contributed by atoms with Gasteiger partial charge < -0.3 is 44.5 Å². The number of anilines is 1. The van der Waals surface area contributed by atoms with E-state index < -0.39 is 37.0 Å². The van der Waals surface area contributed by atoms with Crippen LogP contribution in [0.2, 0.25) is 0 Å². The number of benzene rings is 2. The monoisotopic (exact) mass is 606 g/mol. The first-order chi connectivity index (χ1) is 21.4. The Hall–Kier alpha value is -4.92. The third-order valence-electron chi connectivity index (χ3n) is 7.20. The van der Waals surface area contributed by atoms with Gasteiger partial charge in [0, 0.05) is 18.7 Å². The maximum absolute atomic E-state index is 13.0. The lowest BCUT2D eigenvalue weighted by Crippen LogP contribution is -2.46. The summed E-state index contributed by atoms with van der Waals surface area (Å²) in [5.74, 6) is 2.35. The number of hydrogen-bond donors (Lipinski definition) is 4. The second kappa shape index (κ2) is 13.6. The van der Waals surface area contributed by atoms with E-state index in [1.54, 1.807) is 43.1 Å². The van der Waals surface area contributed by atoms with Gasteiger partial charge in [-0.05, 0) is 41.5 Å². The highest BCUT2D eigenvalue weighted by Gasteiger charge is 2.45. The van der Waals surface area contributed by atoms with Gasteiger partial charge >= 0.3 is 0 Å². The number of amides is 1. The van der Waals surface area contributed by atoms with Crippen LogP contribution in [-0.4, -0.2) is 88.9 Å². The largest absolute Gasteiger partial charge is 0.497 e. The van der Waals surface area contributed by atoms with Crippen molar-refractivity contribution >= 4 is 29.0 Å². The molecule has 1 aliphatic heterocycles. The molecule has 0 unspecified atom stereocenters. The molecular weight excluding hydrogens is 572 g/mol. The number of nitrogens with one attached hydrogen (secondary N) is 2. The molecule has 0 aliphatic carbocycles. The normalized spacial score (nSPS) is 19.7. The fourth-order valence-electron chi connectivity index (χ4n) is 4.94. The Kier molecular flexibility index (Phi) is 9.43. The minimum atomic E-state index is -1.21. The maximum atomic E-state index is 13.0. The predicted molar refractivity (Wildman–Crippen MR) is 160 cm³/mol. The van der Waals surface area contributed by atoms with Gasteiger partial charge in [0.25, 0.3) is 0 Å². The summed E-state index contributed by atoms with van der Waals surface area (Å²) in [5.41, 5.74) is 2.46. The molecule has 0 spiro atoms. The first-order valence-electron chi connectivity index (χ1n) is 13.7. The highest BCUT2D eigenvalue weighted by atomic mass is 16.5. The van der Waals surface area contributed by atoms with Gasteiger partial charge in [-0.25, -0.2) is 15.0 Å². The molecule has 1 fully saturated rings. The summed E-state index contributed by atoms with van der Waals surface area (Å²) >= 11 is 0. The molecule has 2 aromatic heterocycles. The summed E-state index contributed by atoms with van der Waals surface area (Å²) < 4.78 is 28.8. The number of aliphatic hydroxyl groups excluding tert-OH is 2. The minimum absolute atomic E-state index is 0.406. The van der Waals surface area contributed by atoms with Crippen LogP contribution >= 0.6 is 0 Å². The topological polar surface area (TPSA) is 171 Å². The standard InChI is InChI=1S/C30H34N6O8/c1-40-19-9-17(10-20(12-19)41-2)6-8-24(38)35-25-27(39)23(14-37)44-30(25)36-16-34-26-28(32-15-33-29(26)36)31-13-18-5-7-21(42-3)22(11-18)43-4/h5-12,15-16,23,25,27,30,37,39H,13-14H2,1-4H3,(H,35,38)(H,31,32,33)/b8-6+/t23-,25-,27-,30-/m1/s1. The molecule has 14 heteroatoms. The van der Waals surface area contributed by atoms with Gasteiger partial charge in [0.2, 0.25) is 5.91 Å². The van der Waals surface area contributed by atoms with E-state index in [-0.39, 0.29) is 0 Å². The Labute approximate surface area is 253 Å². The number of rotatable bonds is 12. The van der Waals surface area contributed by atoms with E-state index >= 15 is 0 Å². The van der Waals surface area contributed by atoms with Crippen LogP contribution in [0.1, 0.15) is 17.4 Å². The van der Waals surface area contributed by atoms with Crippen molar-refractivity contribution in [2.24, 2.45) is 0 Å². The zero-order chi connectivity index (χ0) is 31.2. The quantitative estimate of drug-likeness (QED) is 0.173. The molecule has 4 N–H and O–H groups in total. The number of nitrogens with zero attached hydrogens (tertiary/aromatic N) is 4. The third kappa shape index (κ3) is 6.37. The van der Waals surface area contributed by atoms with E-state index in [2.05, 4.69) is 25.6 Å². The lowest BCUT2D eigenvalue weighted by Gasteiger charge is -2.22. The average molecular weight is 607 g/mol. The number of imidazole rings is 1. The summed E-state index contributed by atoms with van der Waals surface area (Å²) in [6.07, 6.45) is 2.72. The highest BCUT2D eigenvalue weighted by Crippen LogP contribution is 2.33. The van der Waals surface area contributed by atoms with Gasteiger partial charge in [0.05, 0.1) is 41.4 Å². The van der Waals surface area contributed by atoms with Gasteiger partial charge in [0.1, 0.15) is 36.1 Å². The highest BCUT2D eigenvalue weighted by molar-refractivity contribution is 5.92. The summed E-state index contributed by atoms with van der Waals surface area (Å²) in [5, 5.41) is 26.9. The van der Waals surface area contributed by atoms with Crippen molar-refractivity contribution in [3.8, 4) is 23.0 Å². The van der Waals surface area contributed by atoms with Gasteiger partial charge in [-0.3, -0.25) is 9.36 Å². The zero-order valence-electron chi connectivity index (χ0n) is 24.6. The molecule has 5 rings (SSSR count). The second-order valence-corrected chi connectivity index (χ2v) is 9.84. The number of ether oxygens (including phenoxy) is 5. The van der Waals surface area contributed by atoms with Crippen LogP contribution in [0.3, 0.4) is 0 Å². The van der Waals surface area contributed by atoms with Crippen LogP contribution in [0, 0.1) is 0 Å². The minimum Gasteiger partial charge on any atom is -0.497 e. The maximum Gasteiger partial charge on any atom is 0.244 e. The molecular formula is C30H34N6O8. The fourth-order valence-corrected chi connectivity index (χ4v) is 4.94. The van der Waals surface area contributed by atoms with Crippen LogP contribution in [0.15, 0.2) is 55.1 Å². The number of fused-ring (bicyclic) bond motifs is 1. The molecule has 232 valence electrons. The predicted octanol–water partition coefficient (Wildman–Crippen LogP) is 1.92. The number of carbonyl (C=O) groups excluding carboxylic acids is 1. The molecule has 1 aliphatic rings. The van der Waals surface area contributed by atoms with Crippen molar-refractivity contribution in [2.75, 3.05) is 40.4 Å². The van der Waals surface area contributed by atoms with Crippen LogP contribution in [0.25, 0.3) is 17.2 Å². The molecule has 14 nitrogen and oxygen atoms in total. The van der Waals surface area contributed by atoms with E-state index in [4.69, 9.17) is 23.7 Å². The average Bonchev–Trinajstić information content (AvgIpc) is 3.62. The van der Waals surface area contributed by atoms with Gasteiger partial charge in [-0.1, -0.05) is 6.07 Å². The first kappa shape index (κ1) is 30.5. The van der Waals surface area contributed by atoms with Gasteiger partial charge in [0.15, 0.2) is 34.7 Å². The Bertz CT molecular complexity index is 1620. The van der Waals surface area contributed by atoms with E-state index in [0.717, 1.165) is 5.56 Å². The Morgan fingerprint density at radius 1 is 1.00 bits per heavy atom. The lowest BCUT2D eigenvalue weighted by atomic mass is 10.1. The van der Waals surface area contributed by atoms with Crippen molar-refractivity contribution in [3.63, 3.8) is 0 Å². The third-order valence-corrected chi connectivity index (χ3v) is 7.20. The fraction of sp³-hybridized carbons (Fsp3) is 0.333. The van der Waals surface area contributed by atoms with Crippen molar-refractivity contribution in [1.82, 2.24) is 24.8 Å². The molecule has 3 heterocycles. The van der Waals surface area contributed by atoms with Crippen molar-refractivity contribution in [3.05, 3.63) is 66.3 Å². The number of aliphatic hydroxyl groups is 2. The summed E-state index contributed by atoms with van der Waals surface area (Å²) in [4.78, 5) is 26.2. The number of carbonyl (C=O) groups is 1. The van der Waals surface area contributed by atoms with E-state index in [9.17, 15) is 15.0 Å². The molecule has 1 saturated heterocycles.